The van der Waals surface area contributed by atoms with Crippen LogP contribution in [0.25, 0.3) is 0 Å². The van der Waals surface area contributed by atoms with E-state index in [1.165, 1.54) is 35.7 Å². The highest BCUT2D eigenvalue weighted by molar-refractivity contribution is 9.10. The lowest BCUT2D eigenvalue weighted by Gasteiger charge is -2.37. The largest absolute Gasteiger partial charge is 0.361 e. The van der Waals surface area contributed by atoms with E-state index in [4.69, 9.17) is 4.74 Å². The van der Waals surface area contributed by atoms with Crippen molar-refractivity contribution in [2.45, 2.75) is 50.2 Å². The average Bonchev–Trinajstić information content (AvgIpc) is 3.03. The number of hydrogen-bond donors (Lipinski definition) is 0. The van der Waals surface area contributed by atoms with Gasteiger partial charge in [0.1, 0.15) is 5.60 Å². The summed E-state index contributed by atoms with van der Waals surface area (Å²) in [6, 6.07) is 6.79. The summed E-state index contributed by atoms with van der Waals surface area (Å²) < 4.78 is 7.28. The molecule has 0 amide bonds. The Morgan fingerprint density at radius 1 is 1.29 bits per heavy atom. The molecule has 1 heterocycles. The van der Waals surface area contributed by atoms with Gasteiger partial charge in [0.25, 0.3) is 0 Å². The van der Waals surface area contributed by atoms with Crippen LogP contribution in [0.15, 0.2) is 22.7 Å². The van der Waals surface area contributed by atoms with Crippen molar-refractivity contribution in [3.63, 3.8) is 0 Å². The van der Waals surface area contributed by atoms with Gasteiger partial charge in [-0.25, -0.2) is 0 Å². The predicted molar refractivity (Wildman–Crippen MR) is 71.1 cm³/mol. The molecule has 1 saturated heterocycles. The summed E-state index contributed by atoms with van der Waals surface area (Å²) in [7, 11) is 0. The van der Waals surface area contributed by atoms with Crippen LogP contribution in [-0.4, -0.2) is 6.10 Å². The van der Waals surface area contributed by atoms with Crippen molar-refractivity contribution >= 4 is 15.9 Å². The van der Waals surface area contributed by atoms with E-state index in [1.807, 2.05) is 0 Å². The molecule has 1 nitrogen and oxygen atoms in total. The Bertz CT molecular complexity index is 484. The smallest absolute Gasteiger partial charge is 0.118 e. The van der Waals surface area contributed by atoms with E-state index in [0.29, 0.717) is 6.10 Å². The molecule has 0 aromatic heterocycles. The molecule has 1 aromatic carbocycles. The Kier molecular flexibility index (Phi) is 2.09. The SMILES string of the molecule is C[C@]12O[C@H]1[C@H]1CCCC[C@H]1c1ccc(Br)cc12. The van der Waals surface area contributed by atoms with Crippen LogP contribution in [0.2, 0.25) is 0 Å². The molecule has 4 atom stereocenters. The first kappa shape index (κ1) is 10.6. The standard InChI is InChI=1S/C15H17BrO/c1-15-13-8-9(16)6-7-11(13)10-4-2-3-5-12(10)14(15)17-15/h6-8,10,12,14H,2-5H2,1H3/t10-,12-,14-,15+/m0/s1. The van der Waals surface area contributed by atoms with Crippen LogP contribution in [0.4, 0.5) is 0 Å². The van der Waals surface area contributed by atoms with Crippen molar-refractivity contribution < 1.29 is 4.74 Å². The molecule has 2 fully saturated rings. The lowest BCUT2D eigenvalue weighted by atomic mass is 9.65. The molecule has 2 heteroatoms. The number of hydrogen-bond acceptors (Lipinski definition) is 1. The van der Waals surface area contributed by atoms with Crippen molar-refractivity contribution in [2.24, 2.45) is 5.92 Å². The van der Waals surface area contributed by atoms with Gasteiger partial charge < -0.3 is 4.74 Å². The lowest BCUT2D eigenvalue weighted by Crippen LogP contribution is -2.32. The van der Waals surface area contributed by atoms with Crippen LogP contribution in [0.1, 0.15) is 49.7 Å². The van der Waals surface area contributed by atoms with E-state index in [9.17, 15) is 0 Å². The van der Waals surface area contributed by atoms with Gasteiger partial charge in [-0.3, -0.25) is 0 Å². The Labute approximate surface area is 111 Å². The number of benzene rings is 1. The number of epoxide rings is 1. The molecule has 1 aromatic rings. The second kappa shape index (κ2) is 3.36. The van der Waals surface area contributed by atoms with Crippen LogP contribution < -0.4 is 0 Å². The van der Waals surface area contributed by atoms with Crippen molar-refractivity contribution in [3.8, 4) is 0 Å². The minimum atomic E-state index is 0.0254. The van der Waals surface area contributed by atoms with Gasteiger partial charge in [-0.1, -0.05) is 34.8 Å². The fourth-order valence-electron chi connectivity index (χ4n) is 4.13. The second-order valence-electron chi connectivity index (χ2n) is 5.93. The van der Waals surface area contributed by atoms with Gasteiger partial charge >= 0.3 is 0 Å². The number of rotatable bonds is 0. The molecule has 0 unspecified atom stereocenters. The Balaban J connectivity index is 1.88. The monoisotopic (exact) mass is 292 g/mol. The van der Waals surface area contributed by atoms with E-state index in [0.717, 1.165) is 11.8 Å². The summed E-state index contributed by atoms with van der Waals surface area (Å²) >= 11 is 3.59. The Morgan fingerprint density at radius 3 is 3.00 bits per heavy atom. The minimum absolute atomic E-state index is 0.0254. The first-order valence-electron chi connectivity index (χ1n) is 6.68. The zero-order chi connectivity index (χ0) is 11.6. The van der Waals surface area contributed by atoms with Crippen molar-refractivity contribution in [1.29, 1.82) is 0 Å². The molecule has 0 bridgehead atoms. The summed E-state index contributed by atoms with van der Waals surface area (Å²) in [4.78, 5) is 0. The van der Waals surface area contributed by atoms with Gasteiger partial charge in [0.15, 0.2) is 0 Å². The highest BCUT2D eigenvalue weighted by Gasteiger charge is 2.63. The van der Waals surface area contributed by atoms with Gasteiger partial charge in [0.2, 0.25) is 0 Å². The van der Waals surface area contributed by atoms with Gasteiger partial charge in [0.05, 0.1) is 6.10 Å². The fraction of sp³-hybridized carbons (Fsp3) is 0.600. The first-order chi connectivity index (χ1) is 8.20. The molecule has 0 N–H and O–H groups in total. The van der Waals surface area contributed by atoms with Gasteiger partial charge in [-0.05, 0) is 54.9 Å². The number of ether oxygens (including phenoxy) is 1. The van der Waals surface area contributed by atoms with E-state index in [-0.39, 0.29) is 5.60 Å². The molecule has 0 radical (unpaired) electrons. The van der Waals surface area contributed by atoms with Crippen LogP contribution in [0, 0.1) is 5.92 Å². The van der Waals surface area contributed by atoms with Crippen molar-refractivity contribution in [2.75, 3.05) is 0 Å². The molecule has 2 aliphatic carbocycles. The molecule has 1 aliphatic heterocycles. The average molecular weight is 293 g/mol. The molecule has 90 valence electrons. The molecular weight excluding hydrogens is 276 g/mol. The molecule has 1 saturated carbocycles. The Morgan fingerprint density at radius 2 is 2.12 bits per heavy atom. The molecule has 0 spiro atoms. The Hall–Kier alpha value is -0.340. The third-order valence-corrected chi connectivity index (χ3v) is 5.51. The third-order valence-electron chi connectivity index (χ3n) is 5.02. The van der Waals surface area contributed by atoms with Crippen molar-refractivity contribution in [3.05, 3.63) is 33.8 Å². The zero-order valence-corrected chi connectivity index (χ0v) is 11.7. The summed E-state index contributed by atoms with van der Waals surface area (Å²) in [5.41, 5.74) is 3.03. The predicted octanol–water partition coefficient (Wildman–Crippen LogP) is 4.35. The highest BCUT2D eigenvalue weighted by atomic mass is 79.9. The summed E-state index contributed by atoms with van der Waals surface area (Å²) in [6.07, 6.45) is 5.99. The molecule has 3 aliphatic rings. The lowest BCUT2D eigenvalue weighted by molar-refractivity contribution is 0.236. The van der Waals surface area contributed by atoms with Crippen LogP contribution in [-0.2, 0) is 10.3 Å². The maximum Gasteiger partial charge on any atom is 0.118 e. The van der Waals surface area contributed by atoms with E-state index >= 15 is 0 Å². The molecule has 4 rings (SSSR count). The van der Waals surface area contributed by atoms with Crippen LogP contribution in [0.5, 0.6) is 0 Å². The minimum Gasteiger partial charge on any atom is -0.361 e. The van der Waals surface area contributed by atoms with E-state index in [2.05, 4.69) is 41.1 Å². The number of fused-ring (bicyclic) bond motifs is 6. The molecule has 17 heavy (non-hydrogen) atoms. The van der Waals surface area contributed by atoms with Gasteiger partial charge in [-0.2, -0.15) is 0 Å². The van der Waals surface area contributed by atoms with E-state index in [1.54, 1.807) is 5.56 Å². The van der Waals surface area contributed by atoms with E-state index < -0.39 is 0 Å². The fourth-order valence-corrected chi connectivity index (χ4v) is 4.49. The summed E-state index contributed by atoms with van der Waals surface area (Å²) in [5.74, 6) is 1.54. The maximum absolute atomic E-state index is 6.10. The topological polar surface area (TPSA) is 12.5 Å². The maximum atomic E-state index is 6.10. The second-order valence-corrected chi connectivity index (χ2v) is 6.85. The normalized spacial score (nSPS) is 42.4. The zero-order valence-electron chi connectivity index (χ0n) is 10.1. The number of halogens is 1. The summed E-state index contributed by atoms with van der Waals surface area (Å²) in [5, 5.41) is 0. The highest BCUT2D eigenvalue weighted by Crippen LogP contribution is 2.62. The quantitative estimate of drug-likeness (QED) is 0.648. The van der Waals surface area contributed by atoms with Crippen LogP contribution >= 0.6 is 15.9 Å². The van der Waals surface area contributed by atoms with Crippen LogP contribution in [0.3, 0.4) is 0 Å². The summed E-state index contributed by atoms with van der Waals surface area (Å²) in [6.45, 7) is 2.27. The molecular formula is C15H17BrO. The van der Waals surface area contributed by atoms with Crippen molar-refractivity contribution in [1.82, 2.24) is 0 Å². The third kappa shape index (κ3) is 1.34. The van der Waals surface area contributed by atoms with Gasteiger partial charge in [-0.15, -0.1) is 0 Å². The van der Waals surface area contributed by atoms with Gasteiger partial charge in [0, 0.05) is 4.47 Å². The first-order valence-corrected chi connectivity index (χ1v) is 7.47.